The van der Waals surface area contributed by atoms with Crippen molar-refractivity contribution in [2.75, 3.05) is 12.0 Å². The largest absolute Gasteiger partial charge is 0.497 e. The molecular weight excluding hydrogens is 477 g/mol. The van der Waals surface area contributed by atoms with Gasteiger partial charge in [0.15, 0.2) is 11.2 Å². The summed E-state index contributed by atoms with van der Waals surface area (Å²) in [4.78, 5) is 17.1. The molecule has 4 aliphatic carbocycles. The van der Waals surface area contributed by atoms with E-state index in [0.717, 1.165) is 30.5 Å². The zero-order valence-corrected chi connectivity index (χ0v) is 21.4. The van der Waals surface area contributed by atoms with Crippen molar-refractivity contribution in [2.45, 2.75) is 56.5 Å². The lowest BCUT2D eigenvalue weighted by Crippen LogP contribution is -2.56. The summed E-state index contributed by atoms with van der Waals surface area (Å²) >= 11 is 0. The number of hydrogen-bond acceptors (Lipinski definition) is 5. The Bertz CT molecular complexity index is 1400. The molecule has 2 heterocycles. The second-order valence-corrected chi connectivity index (χ2v) is 12.2. The number of rotatable bonds is 4. The third kappa shape index (κ3) is 3.04. The number of nitriles is 2. The first-order chi connectivity index (χ1) is 18.4. The van der Waals surface area contributed by atoms with Crippen LogP contribution in [0.2, 0.25) is 0 Å². The van der Waals surface area contributed by atoms with Gasteiger partial charge >= 0.3 is 0 Å². The van der Waals surface area contributed by atoms with Crippen molar-refractivity contribution in [1.29, 1.82) is 10.5 Å². The van der Waals surface area contributed by atoms with Gasteiger partial charge in [0.1, 0.15) is 11.6 Å². The molecule has 5 fully saturated rings. The van der Waals surface area contributed by atoms with Crippen molar-refractivity contribution in [3.05, 3.63) is 65.5 Å². The van der Waals surface area contributed by atoms with E-state index in [-0.39, 0.29) is 11.3 Å². The minimum Gasteiger partial charge on any atom is -0.497 e. The zero-order chi connectivity index (χ0) is 26.2. The van der Waals surface area contributed by atoms with Gasteiger partial charge in [-0.3, -0.25) is 4.79 Å². The number of benzene rings is 2. The molecule has 0 aromatic heterocycles. The van der Waals surface area contributed by atoms with Crippen LogP contribution in [0.5, 0.6) is 5.75 Å². The van der Waals surface area contributed by atoms with Gasteiger partial charge < -0.3 is 9.64 Å². The number of halogens is 1. The van der Waals surface area contributed by atoms with E-state index < -0.39 is 34.6 Å². The lowest BCUT2D eigenvalue weighted by molar-refractivity contribution is -0.145. The number of carbonyl (C=O) groups is 1. The van der Waals surface area contributed by atoms with Gasteiger partial charge in [0.05, 0.1) is 31.3 Å². The molecule has 5 nitrogen and oxygen atoms in total. The van der Waals surface area contributed by atoms with Crippen molar-refractivity contribution in [3.63, 3.8) is 0 Å². The number of methoxy groups -OCH3 is 1. The van der Waals surface area contributed by atoms with Crippen molar-refractivity contribution >= 4 is 17.5 Å². The Morgan fingerprint density at radius 2 is 1.68 bits per heavy atom. The third-order valence-corrected chi connectivity index (χ3v) is 10.3. The molecule has 0 spiro atoms. The fourth-order valence-electron chi connectivity index (χ4n) is 9.19. The lowest BCUT2D eigenvalue weighted by atomic mass is 9.47. The van der Waals surface area contributed by atoms with E-state index in [4.69, 9.17) is 4.74 Å². The van der Waals surface area contributed by atoms with Crippen molar-refractivity contribution in [2.24, 2.45) is 28.6 Å². The van der Waals surface area contributed by atoms with E-state index in [2.05, 4.69) is 12.1 Å². The maximum Gasteiger partial charge on any atom is 0.176 e. The topological polar surface area (TPSA) is 77.1 Å². The van der Waals surface area contributed by atoms with E-state index in [9.17, 15) is 10.5 Å². The number of fused-ring (bicyclic) bond motifs is 3. The smallest absolute Gasteiger partial charge is 0.176 e. The van der Waals surface area contributed by atoms with Crippen molar-refractivity contribution < 1.29 is 13.9 Å². The fourth-order valence-corrected chi connectivity index (χ4v) is 9.19. The molecule has 8 rings (SSSR count). The second-order valence-electron chi connectivity index (χ2n) is 12.2. The number of Topliss-reactive ketones (excluding diaryl/α,β-unsaturated/α-hetero) is 1. The summed E-state index contributed by atoms with van der Waals surface area (Å²) < 4.78 is 21.2. The van der Waals surface area contributed by atoms with Crippen LogP contribution < -0.4 is 9.64 Å². The number of anilines is 1. The molecule has 0 radical (unpaired) electrons. The van der Waals surface area contributed by atoms with Crippen molar-refractivity contribution in [3.8, 4) is 17.9 Å². The van der Waals surface area contributed by atoms with Crippen LogP contribution in [0.25, 0.3) is 6.08 Å². The summed E-state index contributed by atoms with van der Waals surface area (Å²) in [5.41, 5.74) is -0.169. The average molecular weight is 508 g/mol. The highest BCUT2D eigenvalue weighted by Crippen LogP contribution is 2.64. The zero-order valence-electron chi connectivity index (χ0n) is 21.4. The summed E-state index contributed by atoms with van der Waals surface area (Å²) in [5.74, 6) is 0.707. The minimum atomic E-state index is -1.65. The summed E-state index contributed by atoms with van der Waals surface area (Å²) in [6.45, 7) is 0. The first-order valence-corrected chi connectivity index (χ1v) is 13.7. The van der Waals surface area contributed by atoms with Crippen LogP contribution in [0.15, 0.2) is 48.5 Å². The van der Waals surface area contributed by atoms with Gasteiger partial charge in [0, 0.05) is 17.0 Å². The van der Waals surface area contributed by atoms with E-state index in [0.29, 0.717) is 23.5 Å². The molecule has 3 atom stereocenters. The first kappa shape index (κ1) is 23.5. The van der Waals surface area contributed by atoms with Crippen LogP contribution in [0.3, 0.4) is 0 Å². The van der Waals surface area contributed by atoms with Gasteiger partial charge in [-0.05, 0) is 91.7 Å². The molecule has 2 aromatic rings. The Labute approximate surface area is 222 Å². The van der Waals surface area contributed by atoms with Crippen LogP contribution in [-0.4, -0.2) is 25.0 Å². The highest BCUT2D eigenvalue weighted by atomic mass is 19.1. The molecule has 4 saturated carbocycles. The van der Waals surface area contributed by atoms with Gasteiger partial charge in [-0.25, -0.2) is 4.39 Å². The van der Waals surface area contributed by atoms with Gasteiger partial charge in [-0.1, -0.05) is 30.4 Å². The molecular formula is C32H30FN3O2. The monoisotopic (exact) mass is 507 g/mol. The van der Waals surface area contributed by atoms with Crippen LogP contribution in [-0.2, 0) is 4.79 Å². The van der Waals surface area contributed by atoms with E-state index in [1.807, 2.05) is 41.3 Å². The average Bonchev–Trinajstić information content (AvgIpc) is 3.23. The Hall–Kier alpha value is -3.64. The number of para-hydroxylation sites is 1. The SMILES string of the molecule is COc1ccc(F)c(C2C(C(=O)C34CC5CC(CC(C5)C3)C4)N3c4ccccc4C=CC3C2(C#N)C#N)c1. The number of nitrogens with zero attached hydrogens (tertiary/aromatic N) is 3. The molecule has 0 amide bonds. The molecule has 38 heavy (non-hydrogen) atoms. The van der Waals surface area contributed by atoms with Gasteiger partial charge in [0.25, 0.3) is 0 Å². The number of ketones is 1. The maximum absolute atomic E-state index is 15.7. The lowest BCUT2D eigenvalue weighted by Gasteiger charge is -2.57. The second kappa shape index (κ2) is 8.18. The first-order valence-electron chi connectivity index (χ1n) is 13.7. The maximum atomic E-state index is 15.7. The Morgan fingerprint density at radius 3 is 2.32 bits per heavy atom. The molecule has 6 heteroatoms. The van der Waals surface area contributed by atoms with Gasteiger partial charge in [-0.2, -0.15) is 10.5 Å². The van der Waals surface area contributed by atoms with Crippen molar-refractivity contribution in [1.82, 2.24) is 0 Å². The third-order valence-electron chi connectivity index (χ3n) is 10.3. The van der Waals surface area contributed by atoms with E-state index in [1.165, 1.54) is 38.5 Å². The van der Waals surface area contributed by atoms with Gasteiger partial charge in [0.2, 0.25) is 0 Å². The molecule has 3 unspecified atom stereocenters. The molecule has 1 saturated heterocycles. The quantitative estimate of drug-likeness (QED) is 0.506. The molecule has 4 bridgehead atoms. The fraction of sp³-hybridized carbons (Fsp3) is 0.469. The predicted molar refractivity (Wildman–Crippen MR) is 140 cm³/mol. The summed E-state index contributed by atoms with van der Waals surface area (Å²) in [6.07, 6.45) is 9.98. The normalized spacial score (nSPS) is 35.2. The standard InChI is InChI=1S/C32H30FN3O2/c1-38-23-7-8-25(33)24(13-23)28-29(30(37)31-14-19-10-20(15-31)12-21(11-19)16-31)36-26-5-3-2-4-22(26)6-9-27(36)32(28,17-34)18-35/h2-9,13,19-21,27-29H,10-12,14-16H2,1H3. The highest BCUT2D eigenvalue weighted by molar-refractivity contribution is 5.97. The van der Waals surface area contributed by atoms with Gasteiger partial charge in [-0.15, -0.1) is 0 Å². The van der Waals surface area contributed by atoms with Crippen LogP contribution in [0.4, 0.5) is 10.1 Å². The minimum absolute atomic E-state index is 0.0892. The summed E-state index contributed by atoms with van der Waals surface area (Å²) in [5, 5.41) is 21.4. The van der Waals surface area contributed by atoms with Crippen LogP contribution in [0, 0.1) is 57.1 Å². The van der Waals surface area contributed by atoms with E-state index >= 15 is 9.18 Å². The molecule has 0 N–H and O–H groups in total. The molecule has 2 aliphatic heterocycles. The molecule has 2 aromatic carbocycles. The number of hydrogen-bond donors (Lipinski definition) is 0. The number of carbonyl (C=O) groups excluding carboxylic acids is 1. The Morgan fingerprint density at radius 1 is 1.03 bits per heavy atom. The summed E-state index contributed by atoms with van der Waals surface area (Å²) in [6, 6.07) is 15.4. The summed E-state index contributed by atoms with van der Waals surface area (Å²) in [7, 11) is 1.51. The highest BCUT2D eigenvalue weighted by Gasteiger charge is 2.67. The van der Waals surface area contributed by atoms with Crippen LogP contribution in [0.1, 0.15) is 55.6 Å². The Balaban J connectivity index is 1.47. The molecule has 6 aliphatic rings. The number of ether oxygens (including phenoxy) is 1. The van der Waals surface area contributed by atoms with Crippen LogP contribution >= 0.6 is 0 Å². The Kier molecular flexibility index (Phi) is 5.05. The predicted octanol–water partition coefficient (Wildman–Crippen LogP) is 6.02. The van der Waals surface area contributed by atoms with E-state index in [1.54, 1.807) is 6.07 Å². The molecule has 192 valence electrons.